The first kappa shape index (κ1) is 14.6. The quantitative estimate of drug-likeness (QED) is 0.854. The molecule has 5 heteroatoms. The van der Waals surface area contributed by atoms with E-state index >= 15 is 0 Å². The van der Waals surface area contributed by atoms with Crippen LogP contribution in [-0.4, -0.2) is 38.8 Å². The number of aryl methyl sites for hydroxylation is 2. The highest BCUT2D eigenvalue weighted by Crippen LogP contribution is 2.26. The van der Waals surface area contributed by atoms with Crippen LogP contribution in [0, 0.1) is 13.8 Å². The van der Waals surface area contributed by atoms with Gasteiger partial charge in [-0.15, -0.1) is 0 Å². The van der Waals surface area contributed by atoms with Crippen LogP contribution in [0.4, 0.5) is 0 Å². The number of hydrogen-bond donors (Lipinski definition) is 0. The van der Waals surface area contributed by atoms with Crippen molar-refractivity contribution in [2.24, 2.45) is 0 Å². The Kier molecular flexibility index (Phi) is 4.13. The first-order valence-corrected chi connectivity index (χ1v) is 7.64. The number of amides is 1. The summed E-state index contributed by atoms with van der Waals surface area (Å²) in [6.45, 7) is 5.36. The van der Waals surface area contributed by atoms with E-state index in [1.165, 1.54) is 0 Å². The van der Waals surface area contributed by atoms with Gasteiger partial charge in [-0.1, -0.05) is 0 Å². The van der Waals surface area contributed by atoms with Gasteiger partial charge in [-0.3, -0.25) is 9.78 Å². The molecule has 1 aliphatic heterocycles. The standard InChI is InChI=1S/C17H20N4O/c1-12-8-15(10-18-9-12)17(22)21-7-3-4-14(11-21)16-5-6-19-13(2)20-16/h5-6,8-10,14H,3-4,7,11H2,1-2H3/t14-/m0/s1. The van der Waals surface area contributed by atoms with Crippen molar-refractivity contribution in [2.75, 3.05) is 13.1 Å². The number of carbonyl (C=O) groups is 1. The van der Waals surface area contributed by atoms with Gasteiger partial charge in [-0.05, 0) is 44.4 Å². The zero-order valence-electron chi connectivity index (χ0n) is 13.0. The molecule has 5 nitrogen and oxygen atoms in total. The Morgan fingerprint density at radius 1 is 1.32 bits per heavy atom. The molecule has 0 bridgehead atoms. The van der Waals surface area contributed by atoms with Crippen LogP contribution < -0.4 is 0 Å². The molecular formula is C17H20N4O. The predicted octanol–water partition coefficient (Wildman–Crippen LogP) is 2.51. The second kappa shape index (κ2) is 6.22. The van der Waals surface area contributed by atoms with Gasteiger partial charge in [0.15, 0.2) is 0 Å². The molecular weight excluding hydrogens is 276 g/mol. The van der Waals surface area contributed by atoms with Gasteiger partial charge in [-0.2, -0.15) is 0 Å². The summed E-state index contributed by atoms with van der Waals surface area (Å²) in [6.07, 6.45) is 7.27. The first-order chi connectivity index (χ1) is 10.6. The Morgan fingerprint density at radius 3 is 2.95 bits per heavy atom. The molecule has 1 aliphatic rings. The predicted molar refractivity (Wildman–Crippen MR) is 83.6 cm³/mol. The van der Waals surface area contributed by atoms with Crippen molar-refractivity contribution in [1.29, 1.82) is 0 Å². The lowest BCUT2D eigenvalue weighted by atomic mass is 9.94. The van der Waals surface area contributed by atoms with Gasteiger partial charge in [0.2, 0.25) is 0 Å². The van der Waals surface area contributed by atoms with E-state index in [1.54, 1.807) is 18.6 Å². The monoisotopic (exact) mass is 296 g/mol. The number of aromatic nitrogens is 3. The van der Waals surface area contributed by atoms with Gasteiger partial charge in [-0.25, -0.2) is 9.97 Å². The van der Waals surface area contributed by atoms with Gasteiger partial charge < -0.3 is 4.90 Å². The third-order valence-corrected chi connectivity index (χ3v) is 4.05. The van der Waals surface area contributed by atoms with Crippen LogP contribution in [0.15, 0.2) is 30.7 Å². The first-order valence-electron chi connectivity index (χ1n) is 7.64. The lowest BCUT2D eigenvalue weighted by Crippen LogP contribution is -2.39. The Balaban J connectivity index is 1.77. The maximum Gasteiger partial charge on any atom is 0.255 e. The molecule has 0 aliphatic carbocycles. The van der Waals surface area contributed by atoms with Crippen molar-refractivity contribution in [3.63, 3.8) is 0 Å². The number of pyridine rings is 1. The van der Waals surface area contributed by atoms with Crippen molar-refractivity contribution in [3.8, 4) is 0 Å². The molecule has 1 amide bonds. The maximum absolute atomic E-state index is 12.6. The molecule has 0 unspecified atom stereocenters. The van der Waals surface area contributed by atoms with E-state index in [9.17, 15) is 4.79 Å². The minimum Gasteiger partial charge on any atom is -0.338 e. The van der Waals surface area contributed by atoms with Crippen molar-refractivity contribution in [3.05, 3.63) is 53.4 Å². The van der Waals surface area contributed by atoms with Crippen LogP contribution in [-0.2, 0) is 0 Å². The van der Waals surface area contributed by atoms with Gasteiger partial charge >= 0.3 is 0 Å². The fraction of sp³-hybridized carbons (Fsp3) is 0.412. The minimum absolute atomic E-state index is 0.0617. The molecule has 0 radical (unpaired) electrons. The third kappa shape index (κ3) is 3.13. The van der Waals surface area contributed by atoms with Gasteiger partial charge in [0.05, 0.1) is 5.56 Å². The van der Waals surface area contributed by atoms with Crippen LogP contribution in [0.3, 0.4) is 0 Å². The van der Waals surface area contributed by atoms with Crippen LogP contribution >= 0.6 is 0 Å². The Labute approximate surface area is 130 Å². The molecule has 3 heterocycles. The van der Waals surface area contributed by atoms with E-state index in [0.29, 0.717) is 12.1 Å². The topological polar surface area (TPSA) is 59.0 Å². The van der Waals surface area contributed by atoms with Crippen LogP contribution in [0.5, 0.6) is 0 Å². The summed E-state index contributed by atoms with van der Waals surface area (Å²) in [5.41, 5.74) is 2.71. The number of piperidine rings is 1. The highest BCUT2D eigenvalue weighted by Gasteiger charge is 2.26. The summed E-state index contributed by atoms with van der Waals surface area (Å²) < 4.78 is 0. The lowest BCUT2D eigenvalue weighted by molar-refractivity contribution is 0.0705. The highest BCUT2D eigenvalue weighted by atomic mass is 16.2. The zero-order chi connectivity index (χ0) is 15.5. The fourth-order valence-electron chi connectivity index (χ4n) is 2.96. The minimum atomic E-state index is 0.0617. The zero-order valence-corrected chi connectivity index (χ0v) is 13.0. The molecule has 0 saturated carbocycles. The maximum atomic E-state index is 12.6. The molecule has 2 aromatic heterocycles. The van der Waals surface area contributed by atoms with Crippen LogP contribution in [0.25, 0.3) is 0 Å². The molecule has 0 spiro atoms. The average molecular weight is 296 g/mol. The molecule has 114 valence electrons. The van der Waals surface area contributed by atoms with Crippen LogP contribution in [0.1, 0.15) is 46.2 Å². The van der Waals surface area contributed by atoms with E-state index in [1.807, 2.05) is 30.9 Å². The molecule has 2 aromatic rings. The summed E-state index contributed by atoms with van der Waals surface area (Å²) in [5, 5.41) is 0. The molecule has 3 rings (SSSR count). The van der Waals surface area contributed by atoms with Gasteiger partial charge in [0, 0.05) is 43.3 Å². The summed E-state index contributed by atoms with van der Waals surface area (Å²) in [4.78, 5) is 27.4. The highest BCUT2D eigenvalue weighted by molar-refractivity contribution is 5.94. The normalized spacial score (nSPS) is 18.3. The van der Waals surface area contributed by atoms with E-state index in [0.717, 1.165) is 36.5 Å². The average Bonchev–Trinajstić information content (AvgIpc) is 2.54. The fourth-order valence-corrected chi connectivity index (χ4v) is 2.96. The van der Waals surface area contributed by atoms with Crippen molar-refractivity contribution < 1.29 is 4.79 Å². The Bertz CT molecular complexity index is 686. The smallest absolute Gasteiger partial charge is 0.255 e. The second-order valence-corrected chi connectivity index (χ2v) is 5.87. The molecule has 1 saturated heterocycles. The third-order valence-electron chi connectivity index (χ3n) is 4.05. The number of carbonyl (C=O) groups excluding carboxylic acids is 1. The molecule has 22 heavy (non-hydrogen) atoms. The van der Waals surface area contributed by atoms with Crippen LogP contribution in [0.2, 0.25) is 0 Å². The molecule has 0 N–H and O–H groups in total. The van der Waals surface area contributed by atoms with E-state index in [-0.39, 0.29) is 11.8 Å². The molecule has 1 atom stereocenters. The van der Waals surface area contributed by atoms with Crippen molar-refractivity contribution in [2.45, 2.75) is 32.6 Å². The Morgan fingerprint density at radius 2 is 2.18 bits per heavy atom. The van der Waals surface area contributed by atoms with E-state index < -0.39 is 0 Å². The molecule has 1 fully saturated rings. The molecule has 0 aromatic carbocycles. The van der Waals surface area contributed by atoms with Crippen molar-refractivity contribution in [1.82, 2.24) is 19.9 Å². The van der Waals surface area contributed by atoms with Gasteiger partial charge in [0.1, 0.15) is 5.82 Å². The summed E-state index contributed by atoms with van der Waals surface area (Å²) >= 11 is 0. The van der Waals surface area contributed by atoms with E-state index in [4.69, 9.17) is 0 Å². The number of likely N-dealkylation sites (tertiary alicyclic amines) is 1. The number of rotatable bonds is 2. The van der Waals surface area contributed by atoms with Gasteiger partial charge in [0.25, 0.3) is 5.91 Å². The summed E-state index contributed by atoms with van der Waals surface area (Å²) in [6, 6.07) is 3.85. The lowest BCUT2D eigenvalue weighted by Gasteiger charge is -2.32. The second-order valence-electron chi connectivity index (χ2n) is 5.87. The number of hydrogen-bond acceptors (Lipinski definition) is 4. The Hall–Kier alpha value is -2.30. The summed E-state index contributed by atoms with van der Waals surface area (Å²) in [5.74, 6) is 1.13. The summed E-state index contributed by atoms with van der Waals surface area (Å²) in [7, 11) is 0. The van der Waals surface area contributed by atoms with E-state index in [2.05, 4.69) is 15.0 Å². The SMILES string of the molecule is Cc1cncc(C(=O)N2CCC[C@H](c3ccnc(C)n3)C2)c1. The number of nitrogens with zero attached hydrogens (tertiary/aromatic N) is 4. The van der Waals surface area contributed by atoms with Crippen molar-refractivity contribution >= 4 is 5.91 Å². The largest absolute Gasteiger partial charge is 0.338 e.